The van der Waals surface area contributed by atoms with Crippen LogP contribution in [-0.2, 0) is 0 Å². The molecule has 30 heavy (non-hydrogen) atoms. The first-order chi connectivity index (χ1) is 14.5. The molecule has 1 N–H and O–H groups in total. The lowest BCUT2D eigenvalue weighted by Gasteiger charge is -2.26. The zero-order chi connectivity index (χ0) is 21.7. The van der Waals surface area contributed by atoms with Gasteiger partial charge in [-0.05, 0) is 43.9 Å². The summed E-state index contributed by atoms with van der Waals surface area (Å²) in [7, 11) is 0. The molecule has 1 heterocycles. The van der Waals surface area contributed by atoms with Crippen LogP contribution in [0.4, 0.5) is 0 Å². The van der Waals surface area contributed by atoms with E-state index in [1.807, 2.05) is 6.07 Å². The molecule has 158 valence electrons. The van der Waals surface area contributed by atoms with Gasteiger partial charge in [-0.1, -0.05) is 44.7 Å². The first kappa shape index (κ1) is 21.6. The average molecular weight is 408 g/mol. The maximum absolute atomic E-state index is 13.3. The Morgan fingerprint density at radius 1 is 1.30 bits per heavy atom. The Morgan fingerprint density at radius 3 is 2.70 bits per heavy atom. The Hall–Kier alpha value is -3.07. The summed E-state index contributed by atoms with van der Waals surface area (Å²) in [6.45, 7) is 4.17. The average Bonchev–Trinajstić information content (AvgIpc) is 2.75. The van der Waals surface area contributed by atoms with Crippen LogP contribution in [0.15, 0.2) is 29.1 Å². The van der Waals surface area contributed by atoms with E-state index in [0.29, 0.717) is 17.9 Å². The molecule has 6 nitrogen and oxygen atoms in total. The maximum Gasteiger partial charge on any atom is 0.271 e. The summed E-state index contributed by atoms with van der Waals surface area (Å²) < 4.78 is 6.96. The number of benzene rings is 1. The molecule has 0 saturated heterocycles. The summed E-state index contributed by atoms with van der Waals surface area (Å²) in [6, 6.07) is 8.53. The summed E-state index contributed by atoms with van der Waals surface area (Å²) in [5.74, 6) is -0.190. The number of nitrogens with zero attached hydrogens (tertiary/aromatic N) is 2. The number of aromatic nitrogens is 1. The number of carbonyl (C=O) groups excluding carboxylic acids is 1. The van der Waals surface area contributed by atoms with Crippen molar-refractivity contribution in [2.75, 3.05) is 6.61 Å². The van der Waals surface area contributed by atoms with Crippen molar-refractivity contribution in [1.82, 2.24) is 4.57 Å². The number of unbranched alkanes of at least 4 members (excludes halogenated alkanes) is 1. The van der Waals surface area contributed by atoms with Crippen molar-refractivity contribution in [1.29, 1.82) is 5.26 Å². The van der Waals surface area contributed by atoms with Crippen LogP contribution in [0.2, 0.25) is 0 Å². The Kier molecular flexibility index (Phi) is 6.94. The van der Waals surface area contributed by atoms with Gasteiger partial charge in [0.25, 0.3) is 5.56 Å². The van der Waals surface area contributed by atoms with Crippen LogP contribution in [0.25, 0.3) is 0 Å². The van der Waals surface area contributed by atoms with Gasteiger partial charge < -0.3 is 9.84 Å². The SMILES string of the molecule is CCCCOc1cccc(C(=O)c2c(C)c(C#N)c(=O)n(C3CCCCC3)c2O)c1. The highest BCUT2D eigenvalue weighted by atomic mass is 16.5. The third-order valence-corrected chi connectivity index (χ3v) is 5.78. The topological polar surface area (TPSA) is 92.3 Å². The van der Waals surface area contributed by atoms with Crippen LogP contribution < -0.4 is 10.3 Å². The summed E-state index contributed by atoms with van der Waals surface area (Å²) in [5, 5.41) is 20.6. The normalized spacial score (nSPS) is 14.3. The minimum Gasteiger partial charge on any atom is -0.494 e. The zero-order valence-corrected chi connectivity index (χ0v) is 17.6. The highest BCUT2D eigenvalue weighted by Crippen LogP contribution is 2.34. The highest BCUT2D eigenvalue weighted by Gasteiger charge is 2.28. The van der Waals surface area contributed by atoms with E-state index in [1.54, 1.807) is 31.2 Å². The second-order valence-corrected chi connectivity index (χ2v) is 7.84. The third kappa shape index (κ3) is 4.25. The molecule has 0 spiro atoms. The zero-order valence-electron chi connectivity index (χ0n) is 17.6. The van der Waals surface area contributed by atoms with E-state index in [9.17, 15) is 20.0 Å². The first-order valence-corrected chi connectivity index (χ1v) is 10.6. The van der Waals surface area contributed by atoms with Crippen LogP contribution in [0.5, 0.6) is 11.6 Å². The molecule has 3 rings (SSSR count). The minimum absolute atomic E-state index is 0.0161. The Morgan fingerprint density at radius 2 is 2.03 bits per heavy atom. The van der Waals surface area contributed by atoms with Gasteiger partial charge in [-0.15, -0.1) is 0 Å². The van der Waals surface area contributed by atoms with Gasteiger partial charge in [0.2, 0.25) is 5.88 Å². The second kappa shape index (κ2) is 9.62. The van der Waals surface area contributed by atoms with Gasteiger partial charge in [0.1, 0.15) is 17.4 Å². The number of pyridine rings is 1. The smallest absolute Gasteiger partial charge is 0.271 e. The predicted octanol–water partition coefficient (Wildman–Crippen LogP) is 4.65. The molecule has 0 atom stereocenters. The van der Waals surface area contributed by atoms with Crippen LogP contribution in [-0.4, -0.2) is 22.1 Å². The van der Waals surface area contributed by atoms with E-state index in [4.69, 9.17) is 4.74 Å². The number of aromatic hydroxyl groups is 1. The molecule has 1 aliphatic carbocycles. The van der Waals surface area contributed by atoms with E-state index in [-0.39, 0.29) is 28.6 Å². The molecule has 2 aromatic rings. The predicted molar refractivity (Wildman–Crippen MR) is 114 cm³/mol. The van der Waals surface area contributed by atoms with E-state index >= 15 is 0 Å². The lowest BCUT2D eigenvalue weighted by atomic mass is 9.93. The lowest BCUT2D eigenvalue weighted by molar-refractivity contribution is 0.103. The standard InChI is InChI=1S/C24H28N2O4/c1-3-4-13-30-19-12-8-9-17(14-19)22(27)21-16(2)20(15-25)23(28)26(24(21)29)18-10-6-5-7-11-18/h8-9,12,14,18,29H,3-7,10-11,13H2,1-2H3. The van der Waals surface area contributed by atoms with E-state index in [0.717, 1.165) is 44.9 Å². The van der Waals surface area contributed by atoms with Gasteiger partial charge >= 0.3 is 0 Å². The van der Waals surface area contributed by atoms with Crippen molar-refractivity contribution >= 4 is 5.78 Å². The van der Waals surface area contributed by atoms with E-state index in [2.05, 4.69) is 6.92 Å². The first-order valence-electron chi connectivity index (χ1n) is 10.6. The van der Waals surface area contributed by atoms with Crippen LogP contribution in [0.1, 0.15) is 85.0 Å². The number of carbonyl (C=O) groups is 1. The number of ether oxygens (including phenoxy) is 1. The van der Waals surface area contributed by atoms with Gasteiger partial charge in [-0.3, -0.25) is 14.2 Å². The highest BCUT2D eigenvalue weighted by molar-refractivity contribution is 6.11. The fourth-order valence-electron chi connectivity index (χ4n) is 4.08. The molecular weight excluding hydrogens is 380 g/mol. The molecule has 1 saturated carbocycles. The molecule has 0 radical (unpaired) electrons. The Labute approximate surface area is 176 Å². The maximum atomic E-state index is 13.3. The lowest BCUT2D eigenvalue weighted by Crippen LogP contribution is -2.31. The van der Waals surface area contributed by atoms with E-state index < -0.39 is 11.3 Å². The fraction of sp³-hybridized carbons (Fsp3) is 0.458. The molecule has 6 heteroatoms. The van der Waals surface area contributed by atoms with Gasteiger partial charge in [0.05, 0.1) is 12.2 Å². The fourth-order valence-corrected chi connectivity index (χ4v) is 4.08. The molecule has 0 bridgehead atoms. The van der Waals surface area contributed by atoms with Crippen molar-refractivity contribution in [2.45, 2.75) is 64.8 Å². The summed E-state index contributed by atoms with van der Waals surface area (Å²) in [5.41, 5.74) is -0.0263. The largest absolute Gasteiger partial charge is 0.494 e. The van der Waals surface area contributed by atoms with Crippen LogP contribution in [0.3, 0.4) is 0 Å². The summed E-state index contributed by atoms with van der Waals surface area (Å²) in [6.07, 6.45) is 6.39. The number of nitriles is 1. The van der Waals surface area contributed by atoms with Gasteiger partial charge in [0.15, 0.2) is 5.78 Å². The Balaban J connectivity index is 2.07. The monoisotopic (exact) mass is 408 g/mol. The van der Waals surface area contributed by atoms with Gasteiger partial charge in [0, 0.05) is 11.6 Å². The minimum atomic E-state index is -0.521. The van der Waals surface area contributed by atoms with Crippen molar-refractivity contribution in [2.24, 2.45) is 0 Å². The van der Waals surface area contributed by atoms with Crippen molar-refractivity contribution < 1.29 is 14.6 Å². The molecule has 1 aromatic heterocycles. The van der Waals surface area contributed by atoms with Gasteiger partial charge in [-0.2, -0.15) is 5.26 Å². The Bertz CT molecular complexity index is 1030. The van der Waals surface area contributed by atoms with E-state index in [1.165, 1.54) is 4.57 Å². The molecule has 1 fully saturated rings. The molecule has 1 aromatic carbocycles. The van der Waals surface area contributed by atoms with Crippen molar-refractivity contribution in [3.8, 4) is 17.7 Å². The number of rotatable bonds is 7. The third-order valence-electron chi connectivity index (χ3n) is 5.78. The quantitative estimate of drug-likeness (QED) is 0.532. The van der Waals surface area contributed by atoms with Crippen molar-refractivity contribution in [3.05, 3.63) is 56.9 Å². The van der Waals surface area contributed by atoms with Gasteiger partial charge in [-0.25, -0.2) is 0 Å². The van der Waals surface area contributed by atoms with Crippen LogP contribution >= 0.6 is 0 Å². The number of ketones is 1. The summed E-state index contributed by atoms with van der Waals surface area (Å²) in [4.78, 5) is 26.2. The molecule has 0 amide bonds. The van der Waals surface area contributed by atoms with Crippen LogP contribution in [0, 0.1) is 18.3 Å². The number of hydrogen-bond donors (Lipinski definition) is 1. The second-order valence-electron chi connectivity index (χ2n) is 7.84. The summed E-state index contributed by atoms with van der Waals surface area (Å²) >= 11 is 0. The van der Waals surface area contributed by atoms with Crippen molar-refractivity contribution in [3.63, 3.8) is 0 Å². The number of hydrogen-bond acceptors (Lipinski definition) is 5. The molecule has 0 unspecified atom stereocenters. The molecular formula is C24H28N2O4. The molecule has 0 aliphatic heterocycles. The molecule has 1 aliphatic rings.